The summed E-state index contributed by atoms with van der Waals surface area (Å²) in [6.45, 7) is 1.88. The minimum Gasteiger partial charge on any atom is -0.382 e. The molecule has 0 bridgehead atoms. The molecule has 0 saturated carbocycles. The highest BCUT2D eigenvalue weighted by Gasteiger charge is 2.30. The molecule has 30 heavy (non-hydrogen) atoms. The third kappa shape index (κ3) is 3.54. The van der Waals surface area contributed by atoms with Gasteiger partial charge in [-0.05, 0) is 42.8 Å². The van der Waals surface area contributed by atoms with Gasteiger partial charge >= 0.3 is 6.18 Å². The topological polar surface area (TPSA) is 98.2 Å². The van der Waals surface area contributed by atoms with E-state index in [4.69, 9.17) is 5.73 Å². The monoisotopic (exact) mass is 412 g/mol. The van der Waals surface area contributed by atoms with Crippen LogP contribution in [0, 0.1) is 6.92 Å². The van der Waals surface area contributed by atoms with Gasteiger partial charge in [0, 0.05) is 23.0 Å². The number of amides is 1. The average Bonchev–Trinajstić information content (AvgIpc) is 3.06. The zero-order chi connectivity index (χ0) is 21.5. The molecular formula is C20H15F3N6O. The number of nitrogen functional groups attached to an aromatic ring is 1. The van der Waals surface area contributed by atoms with Crippen LogP contribution in [0.1, 0.15) is 21.6 Å². The second-order valence-electron chi connectivity index (χ2n) is 6.56. The quantitative estimate of drug-likeness (QED) is 0.531. The van der Waals surface area contributed by atoms with Crippen molar-refractivity contribution in [3.05, 3.63) is 71.8 Å². The Morgan fingerprint density at radius 2 is 1.83 bits per heavy atom. The number of rotatable bonds is 3. The molecule has 4 aromatic rings. The standard InChI is InChI=1S/C20H15F3N6O/c1-11-8-15(17-18(24)26-10-27-29(11)17)12-2-4-13(5-3-12)19(30)28-16-9-14(6-7-25-16)20(21,22)23/h2-10H,1H3,(H2,24,26,27)(H,25,28,30). The lowest BCUT2D eigenvalue weighted by molar-refractivity contribution is -0.137. The fourth-order valence-corrected chi connectivity index (χ4v) is 3.11. The van der Waals surface area contributed by atoms with E-state index in [0.29, 0.717) is 11.3 Å². The number of anilines is 2. The summed E-state index contributed by atoms with van der Waals surface area (Å²) in [5, 5.41) is 6.56. The van der Waals surface area contributed by atoms with Gasteiger partial charge in [0.2, 0.25) is 0 Å². The summed E-state index contributed by atoms with van der Waals surface area (Å²) in [6.07, 6.45) is -2.16. The highest BCUT2D eigenvalue weighted by Crippen LogP contribution is 2.31. The van der Waals surface area contributed by atoms with Crippen molar-refractivity contribution in [2.75, 3.05) is 11.1 Å². The fourth-order valence-electron chi connectivity index (χ4n) is 3.11. The number of nitrogens with one attached hydrogen (secondary N) is 1. The number of aromatic nitrogens is 4. The van der Waals surface area contributed by atoms with Crippen molar-refractivity contribution in [1.29, 1.82) is 0 Å². The third-order valence-electron chi connectivity index (χ3n) is 4.55. The number of hydrogen-bond acceptors (Lipinski definition) is 5. The number of fused-ring (bicyclic) bond motifs is 1. The molecule has 3 heterocycles. The summed E-state index contributed by atoms with van der Waals surface area (Å²) < 4.78 is 40.1. The first kappa shape index (κ1) is 19.4. The lowest BCUT2D eigenvalue weighted by Gasteiger charge is -2.09. The van der Waals surface area contributed by atoms with Crippen LogP contribution in [0.25, 0.3) is 16.6 Å². The van der Waals surface area contributed by atoms with E-state index in [0.717, 1.165) is 35.2 Å². The number of carbonyl (C=O) groups is 1. The lowest BCUT2D eigenvalue weighted by Crippen LogP contribution is -2.14. The number of nitrogens with two attached hydrogens (primary N) is 1. The molecule has 0 aliphatic heterocycles. The van der Waals surface area contributed by atoms with Crippen molar-refractivity contribution >= 4 is 23.1 Å². The molecule has 3 N–H and O–H groups in total. The van der Waals surface area contributed by atoms with Gasteiger partial charge in [-0.1, -0.05) is 12.1 Å². The van der Waals surface area contributed by atoms with Crippen molar-refractivity contribution in [2.24, 2.45) is 0 Å². The molecule has 0 radical (unpaired) electrons. The van der Waals surface area contributed by atoms with Gasteiger partial charge in [-0.3, -0.25) is 4.79 Å². The number of benzene rings is 1. The molecule has 0 aliphatic rings. The second kappa shape index (κ2) is 7.14. The largest absolute Gasteiger partial charge is 0.416 e. The number of carbonyl (C=O) groups excluding carboxylic acids is 1. The van der Waals surface area contributed by atoms with Gasteiger partial charge in [0.05, 0.1) is 5.56 Å². The predicted molar refractivity (Wildman–Crippen MR) is 105 cm³/mol. The van der Waals surface area contributed by atoms with Crippen LogP contribution in [-0.2, 0) is 6.18 Å². The van der Waals surface area contributed by atoms with Crippen LogP contribution in [0.3, 0.4) is 0 Å². The molecular weight excluding hydrogens is 397 g/mol. The van der Waals surface area contributed by atoms with E-state index in [1.807, 2.05) is 13.0 Å². The van der Waals surface area contributed by atoms with Gasteiger partial charge in [0.15, 0.2) is 5.82 Å². The first-order chi connectivity index (χ1) is 14.2. The number of nitrogens with zero attached hydrogens (tertiary/aromatic N) is 4. The van der Waals surface area contributed by atoms with Crippen LogP contribution in [-0.4, -0.2) is 25.5 Å². The van der Waals surface area contributed by atoms with E-state index >= 15 is 0 Å². The minimum atomic E-state index is -4.52. The van der Waals surface area contributed by atoms with Crippen LogP contribution < -0.4 is 11.1 Å². The normalized spacial score (nSPS) is 11.6. The van der Waals surface area contributed by atoms with Crippen molar-refractivity contribution in [2.45, 2.75) is 13.1 Å². The number of hydrogen-bond donors (Lipinski definition) is 2. The van der Waals surface area contributed by atoms with E-state index in [9.17, 15) is 18.0 Å². The van der Waals surface area contributed by atoms with E-state index in [2.05, 4.69) is 20.4 Å². The smallest absolute Gasteiger partial charge is 0.382 e. The van der Waals surface area contributed by atoms with Crippen molar-refractivity contribution in [3.8, 4) is 11.1 Å². The van der Waals surface area contributed by atoms with Crippen LogP contribution >= 0.6 is 0 Å². The van der Waals surface area contributed by atoms with Gasteiger partial charge in [-0.15, -0.1) is 0 Å². The van der Waals surface area contributed by atoms with Gasteiger partial charge in [-0.2, -0.15) is 18.3 Å². The Labute approximate surface area is 168 Å². The van der Waals surface area contributed by atoms with Gasteiger partial charge < -0.3 is 11.1 Å². The first-order valence-corrected chi connectivity index (χ1v) is 8.78. The number of pyridine rings is 1. The maximum atomic E-state index is 12.8. The van der Waals surface area contributed by atoms with Gasteiger partial charge in [-0.25, -0.2) is 14.5 Å². The highest BCUT2D eigenvalue weighted by molar-refractivity contribution is 6.04. The fraction of sp³-hybridized carbons (Fsp3) is 0.100. The molecule has 3 aromatic heterocycles. The Balaban J connectivity index is 1.60. The molecule has 0 fully saturated rings. The Hall–Kier alpha value is -3.95. The van der Waals surface area contributed by atoms with Crippen LogP contribution in [0.5, 0.6) is 0 Å². The summed E-state index contributed by atoms with van der Waals surface area (Å²) in [6, 6.07) is 10.1. The number of aryl methyl sites for hydroxylation is 1. The summed E-state index contributed by atoms with van der Waals surface area (Å²) >= 11 is 0. The minimum absolute atomic E-state index is 0.183. The average molecular weight is 412 g/mol. The van der Waals surface area contributed by atoms with Crippen molar-refractivity contribution < 1.29 is 18.0 Å². The van der Waals surface area contributed by atoms with E-state index in [1.54, 1.807) is 28.8 Å². The molecule has 0 spiro atoms. The predicted octanol–water partition coefficient (Wildman–Crippen LogP) is 3.95. The molecule has 1 aromatic carbocycles. The van der Waals surface area contributed by atoms with E-state index in [-0.39, 0.29) is 11.4 Å². The molecule has 0 unspecified atom stereocenters. The van der Waals surface area contributed by atoms with Crippen LogP contribution in [0.4, 0.5) is 24.8 Å². The Kier molecular flexibility index (Phi) is 4.61. The van der Waals surface area contributed by atoms with Crippen LogP contribution in [0.2, 0.25) is 0 Å². The number of halogens is 3. The van der Waals surface area contributed by atoms with Gasteiger partial charge in [0.25, 0.3) is 5.91 Å². The summed E-state index contributed by atoms with van der Waals surface area (Å²) in [4.78, 5) is 20.2. The molecule has 152 valence electrons. The zero-order valence-corrected chi connectivity index (χ0v) is 15.6. The first-order valence-electron chi connectivity index (χ1n) is 8.78. The maximum absolute atomic E-state index is 12.8. The molecule has 0 aliphatic carbocycles. The Morgan fingerprint density at radius 3 is 2.53 bits per heavy atom. The molecule has 1 amide bonds. The Bertz CT molecular complexity index is 1250. The summed E-state index contributed by atoms with van der Waals surface area (Å²) in [7, 11) is 0. The van der Waals surface area contributed by atoms with E-state index in [1.165, 1.54) is 6.33 Å². The lowest BCUT2D eigenvalue weighted by atomic mass is 10.0. The maximum Gasteiger partial charge on any atom is 0.416 e. The molecule has 0 atom stereocenters. The summed E-state index contributed by atoms with van der Waals surface area (Å²) in [5.41, 5.74) is 8.48. The zero-order valence-electron chi connectivity index (χ0n) is 15.6. The SMILES string of the molecule is Cc1cc(-c2ccc(C(=O)Nc3cc(C(F)(F)F)ccn3)cc2)c2c(N)ncnn12. The molecule has 7 nitrogen and oxygen atoms in total. The molecule has 4 rings (SSSR count). The second-order valence-corrected chi connectivity index (χ2v) is 6.56. The van der Waals surface area contributed by atoms with Crippen LogP contribution in [0.15, 0.2) is 55.0 Å². The Morgan fingerprint density at radius 1 is 1.10 bits per heavy atom. The van der Waals surface area contributed by atoms with E-state index < -0.39 is 17.6 Å². The molecule has 0 saturated heterocycles. The summed E-state index contributed by atoms with van der Waals surface area (Å²) in [5.74, 6) is -0.433. The van der Waals surface area contributed by atoms with Gasteiger partial charge in [0.1, 0.15) is 17.7 Å². The van der Waals surface area contributed by atoms with Crippen molar-refractivity contribution in [1.82, 2.24) is 19.6 Å². The highest BCUT2D eigenvalue weighted by atomic mass is 19.4. The third-order valence-corrected chi connectivity index (χ3v) is 4.55. The number of alkyl halides is 3. The van der Waals surface area contributed by atoms with Crippen molar-refractivity contribution in [3.63, 3.8) is 0 Å². The molecule has 10 heteroatoms.